The van der Waals surface area contributed by atoms with Crippen LogP contribution in [0.25, 0.3) is 0 Å². The van der Waals surface area contributed by atoms with Crippen molar-refractivity contribution >= 4 is 33.2 Å². The van der Waals surface area contributed by atoms with Crippen molar-refractivity contribution in [2.45, 2.75) is 20.3 Å². The maximum absolute atomic E-state index is 11.6. The van der Waals surface area contributed by atoms with Gasteiger partial charge in [0.05, 0.1) is 0 Å². The molecule has 0 bridgehead atoms. The molecule has 0 atom stereocenters. The van der Waals surface area contributed by atoms with Crippen LogP contribution in [0.4, 0.5) is 0 Å². The van der Waals surface area contributed by atoms with Gasteiger partial charge in [-0.15, -0.1) is 11.3 Å². The van der Waals surface area contributed by atoms with E-state index in [1.54, 1.807) is 0 Å². The van der Waals surface area contributed by atoms with Crippen molar-refractivity contribution in [1.29, 1.82) is 0 Å². The molecule has 2 nitrogen and oxygen atoms in total. The van der Waals surface area contributed by atoms with Crippen LogP contribution in [-0.4, -0.2) is 12.5 Å². The van der Waals surface area contributed by atoms with E-state index >= 15 is 0 Å². The molecule has 1 N–H and O–H groups in total. The summed E-state index contributed by atoms with van der Waals surface area (Å²) in [5, 5.41) is 4.80. The minimum atomic E-state index is 0.0209. The van der Waals surface area contributed by atoms with Gasteiger partial charge in [0.15, 0.2) is 0 Å². The summed E-state index contributed by atoms with van der Waals surface area (Å²) in [4.78, 5) is 12.3. The first-order chi connectivity index (χ1) is 6.61. The first kappa shape index (κ1) is 11.7. The predicted octanol–water partition coefficient (Wildman–Crippen LogP) is 3.29. The Hall–Kier alpha value is -0.350. The lowest BCUT2D eigenvalue weighted by Crippen LogP contribution is -2.24. The van der Waals surface area contributed by atoms with E-state index in [-0.39, 0.29) is 5.91 Å². The van der Waals surface area contributed by atoms with Crippen molar-refractivity contribution in [3.63, 3.8) is 0 Å². The first-order valence-electron chi connectivity index (χ1n) is 4.62. The van der Waals surface area contributed by atoms with Crippen molar-refractivity contribution in [3.05, 3.63) is 20.8 Å². The van der Waals surface area contributed by atoms with Gasteiger partial charge in [0.2, 0.25) is 0 Å². The topological polar surface area (TPSA) is 29.1 Å². The van der Waals surface area contributed by atoms with Crippen molar-refractivity contribution in [2.24, 2.45) is 5.92 Å². The zero-order chi connectivity index (χ0) is 10.6. The van der Waals surface area contributed by atoms with E-state index in [4.69, 9.17) is 0 Å². The zero-order valence-electron chi connectivity index (χ0n) is 8.34. The molecule has 4 heteroatoms. The predicted molar refractivity (Wildman–Crippen MR) is 63.8 cm³/mol. The van der Waals surface area contributed by atoms with E-state index in [2.05, 4.69) is 35.1 Å². The van der Waals surface area contributed by atoms with Crippen LogP contribution in [0.3, 0.4) is 0 Å². The number of halogens is 1. The smallest absolute Gasteiger partial charge is 0.262 e. The minimum absolute atomic E-state index is 0.0209. The lowest BCUT2D eigenvalue weighted by molar-refractivity contribution is 0.0955. The van der Waals surface area contributed by atoms with Crippen molar-refractivity contribution in [2.75, 3.05) is 6.54 Å². The van der Waals surface area contributed by atoms with Gasteiger partial charge in [0, 0.05) is 11.0 Å². The number of thiophene rings is 1. The van der Waals surface area contributed by atoms with Gasteiger partial charge < -0.3 is 5.32 Å². The van der Waals surface area contributed by atoms with Gasteiger partial charge in [-0.25, -0.2) is 0 Å². The summed E-state index contributed by atoms with van der Waals surface area (Å²) in [6, 6.07) is 1.89. The zero-order valence-corrected chi connectivity index (χ0v) is 10.7. The van der Waals surface area contributed by atoms with Gasteiger partial charge in [-0.05, 0) is 39.7 Å². The molecule has 0 aromatic carbocycles. The van der Waals surface area contributed by atoms with Crippen molar-refractivity contribution in [1.82, 2.24) is 5.32 Å². The molecule has 0 saturated heterocycles. The lowest BCUT2D eigenvalue weighted by Gasteiger charge is -2.05. The van der Waals surface area contributed by atoms with E-state index in [0.717, 1.165) is 22.3 Å². The minimum Gasteiger partial charge on any atom is -0.351 e. The Morgan fingerprint density at radius 1 is 1.64 bits per heavy atom. The fraction of sp³-hybridized carbons (Fsp3) is 0.500. The highest BCUT2D eigenvalue weighted by molar-refractivity contribution is 9.10. The standard InChI is InChI=1S/C10H14BrNOS/c1-7(2)3-5-12-10(13)9-8(11)4-6-14-9/h4,6-7H,3,5H2,1-2H3,(H,12,13). The number of rotatable bonds is 4. The molecule has 1 heterocycles. The first-order valence-corrected chi connectivity index (χ1v) is 6.29. The summed E-state index contributed by atoms with van der Waals surface area (Å²) < 4.78 is 0.879. The fourth-order valence-electron chi connectivity index (χ4n) is 1.01. The number of carbonyl (C=O) groups is 1. The molecule has 0 unspecified atom stereocenters. The van der Waals surface area contributed by atoms with Crippen LogP contribution in [0.1, 0.15) is 29.9 Å². The molecule has 0 radical (unpaired) electrons. The number of nitrogens with one attached hydrogen (secondary N) is 1. The van der Waals surface area contributed by atoms with E-state index in [9.17, 15) is 4.79 Å². The van der Waals surface area contributed by atoms with E-state index in [0.29, 0.717) is 5.92 Å². The summed E-state index contributed by atoms with van der Waals surface area (Å²) in [6.07, 6.45) is 1.02. The Labute approximate surface area is 96.8 Å². The third-order valence-corrected chi connectivity index (χ3v) is 3.67. The summed E-state index contributed by atoms with van der Waals surface area (Å²) in [5.41, 5.74) is 0. The number of carbonyl (C=O) groups excluding carboxylic acids is 1. The maximum Gasteiger partial charge on any atom is 0.262 e. The fourth-order valence-corrected chi connectivity index (χ4v) is 2.48. The number of amides is 1. The van der Waals surface area contributed by atoms with Crippen LogP contribution in [0.5, 0.6) is 0 Å². The molecule has 1 aromatic heterocycles. The Morgan fingerprint density at radius 2 is 2.36 bits per heavy atom. The molecule has 78 valence electrons. The van der Waals surface area contributed by atoms with E-state index in [1.165, 1.54) is 11.3 Å². The van der Waals surface area contributed by atoms with Gasteiger partial charge in [-0.1, -0.05) is 13.8 Å². The molecule has 0 spiro atoms. The SMILES string of the molecule is CC(C)CCNC(=O)c1sccc1Br. The molecule has 0 aliphatic heterocycles. The average molecular weight is 276 g/mol. The van der Waals surface area contributed by atoms with Crippen LogP contribution in [0.15, 0.2) is 15.9 Å². The molecule has 0 fully saturated rings. The largest absolute Gasteiger partial charge is 0.351 e. The molecular weight excluding hydrogens is 262 g/mol. The number of hydrogen-bond acceptors (Lipinski definition) is 2. The third kappa shape index (κ3) is 3.42. The molecule has 1 rings (SSSR count). The third-order valence-electron chi connectivity index (χ3n) is 1.83. The average Bonchev–Trinajstić information content (AvgIpc) is 2.50. The van der Waals surface area contributed by atoms with E-state index in [1.807, 2.05) is 11.4 Å². The molecule has 0 saturated carbocycles. The summed E-state index contributed by atoms with van der Waals surface area (Å²) in [6.45, 7) is 5.04. The van der Waals surface area contributed by atoms with Crippen LogP contribution in [0.2, 0.25) is 0 Å². The Balaban J connectivity index is 2.40. The van der Waals surface area contributed by atoms with Crippen LogP contribution in [-0.2, 0) is 0 Å². The maximum atomic E-state index is 11.6. The molecule has 14 heavy (non-hydrogen) atoms. The highest BCUT2D eigenvalue weighted by atomic mass is 79.9. The summed E-state index contributed by atoms with van der Waals surface area (Å²) in [7, 11) is 0. The molecular formula is C10H14BrNOS. The van der Waals surface area contributed by atoms with Gasteiger partial charge in [0.25, 0.3) is 5.91 Å². The van der Waals surface area contributed by atoms with E-state index < -0.39 is 0 Å². The van der Waals surface area contributed by atoms with Gasteiger partial charge in [-0.2, -0.15) is 0 Å². The normalized spacial score (nSPS) is 10.6. The highest BCUT2D eigenvalue weighted by Crippen LogP contribution is 2.22. The van der Waals surface area contributed by atoms with Crippen LogP contribution < -0.4 is 5.32 Å². The Morgan fingerprint density at radius 3 is 2.86 bits per heavy atom. The van der Waals surface area contributed by atoms with Crippen molar-refractivity contribution < 1.29 is 4.79 Å². The Bertz CT molecular complexity index is 309. The van der Waals surface area contributed by atoms with Gasteiger partial charge in [0.1, 0.15) is 4.88 Å². The Kier molecular flexibility index (Phi) is 4.62. The van der Waals surface area contributed by atoms with Crippen molar-refractivity contribution in [3.8, 4) is 0 Å². The van der Waals surface area contributed by atoms with Crippen LogP contribution in [0, 0.1) is 5.92 Å². The second kappa shape index (κ2) is 5.51. The summed E-state index contributed by atoms with van der Waals surface area (Å²) >= 11 is 4.79. The summed E-state index contributed by atoms with van der Waals surface area (Å²) in [5.74, 6) is 0.648. The highest BCUT2D eigenvalue weighted by Gasteiger charge is 2.10. The second-order valence-electron chi connectivity index (χ2n) is 3.54. The monoisotopic (exact) mass is 275 g/mol. The van der Waals surface area contributed by atoms with Crippen LogP contribution >= 0.6 is 27.3 Å². The molecule has 0 aliphatic carbocycles. The molecule has 1 amide bonds. The molecule has 0 aliphatic rings. The van der Waals surface area contributed by atoms with Gasteiger partial charge >= 0.3 is 0 Å². The quantitative estimate of drug-likeness (QED) is 0.898. The number of hydrogen-bond donors (Lipinski definition) is 1. The lowest BCUT2D eigenvalue weighted by atomic mass is 10.1. The van der Waals surface area contributed by atoms with Gasteiger partial charge in [-0.3, -0.25) is 4.79 Å². The second-order valence-corrected chi connectivity index (χ2v) is 5.31. The molecule has 1 aromatic rings.